The Morgan fingerprint density at radius 1 is 1.46 bits per heavy atom. The quantitative estimate of drug-likeness (QED) is 0.742. The predicted octanol–water partition coefficient (Wildman–Crippen LogP) is 4.66. The molecule has 2 heterocycles. The monoisotopic (exact) mass is 411 g/mol. The lowest BCUT2D eigenvalue weighted by Gasteiger charge is -2.18. The first-order chi connectivity index (χ1) is 11.5. The van der Waals surface area contributed by atoms with Gasteiger partial charge in [0.25, 0.3) is 5.91 Å². The van der Waals surface area contributed by atoms with Crippen LogP contribution in [-0.4, -0.2) is 18.5 Å². The topological polar surface area (TPSA) is 68.5 Å². The number of rotatable bonds is 4. The third kappa shape index (κ3) is 3.42. The van der Waals surface area contributed by atoms with Gasteiger partial charge in [-0.25, -0.2) is 4.79 Å². The number of fused-ring (bicyclic) bond motifs is 1. The van der Waals surface area contributed by atoms with Crippen LogP contribution in [0.1, 0.15) is 51.6 Å². The Balaban J connectivity index is 1.94. The van der Waals surface area contributed by atoms with Crippen LogP contribution in [0, 0.1) is 5.92 Å². The lowest BCUT2D eigenvalue weighted by atomic mass is 9.88. The Bertz CT molecular complexity index is 780. The van der Waals surface area contributed by atoms with Gasteiger partial charge >= 0.3 is 5.97 Å². The number of hydrogen-bond donors (Lipinski definition) is 1. The molecule has 2 aromatic heterocycles. The average molecular weight is 412 g/mol. The van der Waals surface area contributed by atoms with E-state index in [4.69, 9.17) is 9.15 Å². The van der Waals surface area contributed by atoms with Gasteiger partial charge in [-0.1, -0.05) is 6.92 Å². The maximum Gasteiger partial charge on any atom is 0.341 e. The van der Waals surface area contributed by atoms with Gasteiger partial charge in [0.2, 0.25) is 0 Å². The van der Waals surface area contributed by atoms with Gasteiger partial charge < -0.3 is 14.5 Å². The Hall–Kier alpha value is -1.60. The highest BCUT2D eigenvalue weighted by atomic mass is 79.9. The van der Waals surface area contributed by atoms with Crippen LogP contribution in [0.15, 0.2) is 21.2 Å². The van der Waals surface area contributed by atoms with E-state index in [2.05, 4.69) is 28.2 Å². The fourth-order valence-electron chi connectivity index (χ4n) is 2.86. The summed E-state index contributed by atoms with van der Waals surface area (Å²) in [6.07, 6.45) is 2.80. The molecule has 0 aromatic carbocycles. The third-order valence-corrected chi connectivity index (χ3v) is 5.61. The van der Waals surface area contributed by atoms with E-state index in [1.165, 1.54) is 11.3 Å². The number of nitrogens with one attached hydrogen (secondary N) is 1. The molecule has 2 aromatic rings. The molecule has 5 nitrogen and oxygen atoms in total. The molecule has 0 saturated carbocycles. The van der Waals surface area contributed by atoms with Gasteiger partial charge in [0.05, 0.1) is 12.2 Å². The van der Waals surface area contributed by atoms with E-state index >= 15 is 0 Å². The second kappa shape index (κ2) is 7.11. The molecule has 128 valence electrons. The predicted molar refractivity (Wildman–Crippen MR) is 95.8 cm³/mol. The number of amides is 1. The molecule has 1 aliphatic rings. The Labute approximate surface area is 152 Å². The van der Waals surface area contributed by atoms with Crippen molar-refractivity contribution in [1.29, 1.82) is 0 Å². The van der Waals surface area contributed by atoms with Crippen LogP contribution in [0.4, 0.5) is 5.00 Å². The number of carbonyl (C=O) groups excluding carboxylic acids is 2. The number of esters is 1. The number of hydrogen-bond acceptors (Lipinski definition) is 5. The lowest BCUT2D eigenvalue weighted by molar-refractivity contribution is 0.0526. The van der Waals surface area contributed by atoms with E-state index < -0.39 is 0 Å². The van der Waals surface area contributed by atoms with Gasteiger partial charge in [-0.05, 0) is 65.7 Å². The van der Waals surface area contributed by atoms with Gasteiger partial charge in [-0.2, -0.15) is 0 Å². The molecule has 0 bridgehead atoms. The zero-order chi connectivity index (χ0) is 17.3. The molecule has 0 spiro atoms. The zero-order valence-corrected chi connectivity index (χ0v) is 15.9. The van der Waals surface area contributed by atoms with Crippen LogP contribution in [-0.2, 0) is 17.6 Å². The highest BCUT2D eigenvalue weighted by Gasteiger charge is 2.29. The number of thiophene rings is 1. The summed E-state index contributed by atoms with van der Waals surface area (Å²) >= 11 is 4.64. The number of anilines is 1. The molecular weight excluding hydrogens is 394 g/mol. The Kier molecular flexibility index (Phi) is 5.10. The maximum absolute atomic E-state index is 12.4. The van der Waals surface area contributed by atoms with Crippen LogP contribution in [0.5, 0.6) is 0 Å². The van der Waals surface area contributed by atoms with Crippen molar-refractivity contribution in [3.05, 3.63) is 38.6 Å². The van der Waals surface area contributed by atoms with Crippen molar-refractivity contribution < 1.29 is 18.7 Å². The van der Waals surface area contributed by atoms with Gasteiger partial charge in [-0.3, -0.25) is 4.79 Å². The SMILES string of the molecule is CCOC(=O)c1c(NC(=O)c2ccc(Br)o2)sc2c1CC[C@H](C)C2. The summed E-state index contributed by atoms with van der Waals surface area (Å²) in [5, 5.41) is 3.36. The summed E-state index contributed by atoms with van der Waals surface area (Å²) in [6.45, 7) is 4.28. The van der Waals surface area contributed by atoms with Crippen molar-refractivity contribution in [2.24, 2.45) is 5.92 Å². The van der Waals surface area contributed by atoms with E-state index in [1.54, 1.807) is 19.1 Å². The zero-order valence-electron chi connectivity index (χ0n) is 13.5. The average Bonchev–Trinajstić information content (AvgIpc) is 3.10. The van der Waals surface area contributed by atoms with Crippen LogP contribution in [0.2, 0.25) is 0 Å². The lowest BCUT2D eigenvalue weighted by Crippen LogP contribution is -2.16. The summed E-state index contributed by atoms with van der Waals surface area (Å²) in [4.78, 5) is 25.9. The smallest absolute Gasteiger partial charge is 0.341 e. The summed E-state index contributed by atoms with van der Waals surface area (Å²) in [6, 6.07) is 3.24. The normalized spacial score (nSPS) is 16.5. The third-order valence-electron chi connectivity index (χ3n) is 4.02. The van der Waals surface area contributed by atoms with E-state index in [0.29, 0.717) is 27.8 Å². The highest BCUT2D eigenvalue weighted by molar-refractivity contribution is 9.10. The molecule has 1 N–H and O–H groups in total. The van der Waals surface area contributed by atoms with Gasteiger partial charge in [0.15, 0.2) is 10.4 Å². The fourth-order valence-corrected chi connectivity index (χ4v) is 4.56. The van der Waals surface area contributed by atoms with Crippen LogP contribution >= 0.6 is 27.3 Å². The Morgan fingerprint density at radius 2 is 2.25 bits per heavy atom. The molecule has 1 atom stereocenters. The van der Waals surface area contributed by atoms with Crippen LogP contribution in [0.3, 0.4) is 0 Å². The van der Waals surface area contributed by atoms with Crippen molar-refractivity contribution >= 4 is 44.1 Å². The van der Waals surface area contributed by atoms with Crippen molar-refractivity contribution in [1.82, 2.24) is 0 Å². The molecule has 1 amide bonds. The van der Waals surface area contributed by atoms with Gasteiger partial charge in [0.1, 0.15) is 5.00 Å². The molecule has 0 radical (unpaired) electrons. The first-order valence-corrected chi connectivity index (χ1v) is 9.48. The minimum atomic E-state index is -0.377. The second-order valence-corrected chi connectivity index (χ2v) is 7.72. The summed E-state index contributed by atoms with van der Waals surface area (Å²) in [5.41, 5.74) is 1.52. The second-order valence-electron chi connectivity index (χ2n) is 5.83. The molecule has 0 unspecified atom stereocenters. The van der Waals surface area contributed by atoms with E-state index in [1.807, 2.05) is 0 Å². The van der Waals surface area contributed by atoms with Gasteiger partial charge in [0, 0.05) is 4.88 Å². The molecule has 0 fully saturated rings. The first-order valence-electron chi connectivity index (χ1n) is 7.88. The number of carbonyl (C=O) groups is 2. The molecule has 0 saturated heterocycles. The largest absolute Gasteiger partial charge is 0.462 e. The van der Waals surface area contributed by atoms with Gasteiger partial charge in [-0.15, -0.1) is 11.3 Å². The van der Waals surface area contributed by atoms with Crippen molar-refractivity contribution in [2.45, 2.75) is 33.1 Å². The van der Waals surface area contributed by atoms with Crippen molar-refractivity contribution in [3.8, 4) is 0 Å². The fraction of sp³-hybridized carbons (Fsp3) is 0.412. The molecule has 1 aliphatic carbocycles. The molecule has 0 aliphatic heterocycles. The van der Waals surface area contributed by atoms with Crippen molar-refractivity contribution in [2.75, 3.05) is 11.9 Å². The molecule has 3 rings (SSSR count). The summed E-state index contributed by atoms with van der Waals surface area (Å²) < 4.78 is 11.0. The Morgan fingerprint density at radius 3 is 2.92 bits per heavy atom. The van der Waals surface area contributed by atoms with Crippen LogP contribution in [0.25, 0.3) is 0 Å². The highest BCUT2D eigenvalue weighted by Crippen LogP contribution is 2.40. The standard InChI is InChI=1S/C17H18BrNO4S/c1-3-22-17(21)14-10-5-4-9(2)8-12(10)24-16(14)19-15(20)11-6-7-13(18)23-11/h6-7,9H,3-5,8H2,1-2H3,(H,19,20)/t9-/m0/s1. The van der Waals surface area contributed by atoms with E-state index in [9.17, 15) is 9.59 Å². The van der Waals surface area contributed by atoms with E-state index in [-0.39, 0.29) is 17.6 Å². The minimum Gasteiger partial charge on any atom is -0.462 e. The molecule has 7 heteroatoms. The number of halogens is 1. The summed E-state index contributed by atoms with van der Waals surface area (Å²) in [5.74, 6) is 0.0190. The molecular formula is C17H18BrNO4S. The molecule has 24 heavy (non-hydrogen) atoms. The van der Waals surface area contributed by atoms with Crippen LogP contribution < -0.4 is 5.32 Å². The maximum atomic E-state index is 12.4. The van der Waals surface area contributed by atoms with Crippen molar-refractivity contribution in [3.63, 3.8) is 0 Å². The first kappa shape index (κ1) is 17.2. The minimum absolute atomic E-state index is 0.191. The van der Waals surface area contributed by atoms with E-state index in [0.717, 1.165) is 29.7 Å². The summed E-state index contributed by atoms with van der Waals surface area (Å²) in [7, 11) is 0. The number of ether oxygens (including phenoxy) is 1. The number of furan rings is 1.